The lowest BCUT2D eigenvalue weighted by molar-refractivity contribution is 0.184. The largest absolute Gasteiger partial charge is 0.385 e. The predicted molar refractivity (Wildman–Crippen MR) is 113 cm³/mol. The highest BCUT2D eigenvalue weighted by atomic mass is 16.5. The molecule has 1 aliphatic carbocycles. The zero-order chi connectivity index (χ0) is 20.7. The van der Waals surface area contributed by atoms with Gasteiger partial charge in [-0.1, -0.05) is 23.9 Å². The fourth-order valence-electron chi connectivity index (χ4n) is 4.49. The first-order valence-electron chi connectivity index (χ1n) is 10.6. The van der Waals surface area contributed by atoms with Crippen LogP contribution in [-0.4, -0.2) is 44.3 Å². The molecule has 30 heavy (non-hydrogen) atoms. The lowest BCUT2D eigenvalue weighted by Gasteiger charge is -2.14. The molecule has 6 heteroatoms. The Morgan fingerprint density at radius 2 is 2.00 bits per heavy atom. The van der Waals surface area contributed by atoms with E-state index in [1.54, 1.807) is 13.1 Å². The number of benzene rings is 1. The molecule has 2 aliphatic rings. The molecule has 1 saturated heterocycles. The summed E-state index contributed by atoms with van der Waals surface area (Å²) in [6.45, 7) is 8.02. The second-order valence-corrected chi connectivity index (χ2v) is 8.32. The van der Waals surface area contributed by atoms with Crippen molar-refractivity contribution in [3.8, 4) is 23.2 Å². The lowest BCUT2D eigenvalue weighted by atomic mass is 10.1. The number of likely N-dealkylation sites (tertiary alicyclic amines) is 1. The van der Waals surface area contributed by atoms with E-state index in [0.717, 1.165) is 41.0 Å². The highest BCUT2D eigenvalue weighted by molar-refractivity contribution is 5.59. The monoisotopic (exact) mass is 402 g/mol. The van der Waals surface area contributed by atoms with Crippen molar-refractivity contribution in [1.82, 2.24) is 19.6 Å². The maximum atomic E-state index is 9.79. The van der Waals surface area contributed by atoms with Gasteiger partial charge in [0, 0.05) is 48.6 Å². The summed E-state index contributed by atoms with van der Waals surface area (Å²) in [4.78, 5) is 6.71. The molecular formula is C24H26N4O2. The standard InChI is InChI=1S/C24H26N4O2/c1-3-27-14-21-20(22(21)15-27)9-6-17-4-7-18(8-5-17)23-12-19(26-30-23)13-28-11-10-25-24(28)16(2)29/h4-5,7-8,10-12,16,20-22,29H,3,13-15H2,1-2H3/t16-,20-,21+,22-/m0/s1. The molecule has 3 aromatic rings. The summed E-state index contributed by atoms with van der Waals surface area (Å²) < 4.78 is 7.40. The number of aliphatic hydroxyl groups is 1. The van der Waals surface area contributed by atoms with Gasteiger partial charge in [0.05, 0.1) is 6.54 Å². The minimum absolute atomic E-state index is 0.506. The molecule has 1 aromatic carbocycles. The molecule has 0 radical (unpaired) electrons. The maximum Gasteiger partial charge on any atom is 0.167 e. The molecule has 3 heterocycles. The molecule has 5 rings (SSSR count). The van der Waals surface area contributed by atoms with E-state index in [1.807, 2.05) is 41.1 Å². The van der Waals surface area contributed by atoms with Crippen LogP contribution in [0.2, 0.25) is 0 Å². The number of aliphatic hydroxyl groups excluding tert-OH is 1. The van der Waals surface area contributed by atoms with Crippen molar-refractivity contribution >= 4 is 0 Å². The molecule has 0 unspecified atom stereocenters. The smallest absolute Gasteiger partial charge is 0.167 e. The maximum absolute atomic E-state index is 9.79. The van der Waals surface area contributed by atoms with Gasteiger partial charge in [-0.15, -0.1) is 0 Å². The van der Waals surface area contributed by atoms with Crippen LogP contribution in [0.5, 0.6) is 0 Å². The van der Waals surface area contributed by atoms with Crippen LogP contribution in [0.4, 0.5) is 0 Å². The lowest BCUT2D eigenvalue weighted by Crippen LogP contribution is -2.23. The Kier molecular flexibility index (Phi) is 4.93. The molecule has 0 bridgehead atoms. The zero-order valence-corrected chi connectivity index (χ0v) is 17.3. The minimum Gasteiger partial charge on any atom is -0.385 e. The summed E-state index contributed by atoms with van der Waals surface area (Å²) in [5.41, 5.74) is 2.80. The third-order valence-corrected chi connectivity index (χ3v) is 6.28. The SMILES string of the molecule is CCN1C[C@@H]2[C@H](C#Cc3ccc(-c4cc(Cn5ccnc5[C@H](C)O)no4)cc3)[C@@H]2C1. The first-order chi connectivity index (χ1) is 14.6. The minimum atomic E-state index is -0.624. The van der Waals surface area contributed by atoms with Crippen LogP contribution in [0.1, 0.15) is 37.0 Å². The van der Waals surface area contributed by atoms with Crippen molar-refractivity contribution in [2.24, 2.45) is 17.8 Å². The fraction of sp³-hybridized carbons (Fsp3) is 0.417. The molecule has 0 spiro atoms. The third-order valence-electron chi connectivity index (χ3n) is 6.28. The Bertz CT molecular complexity index is 1070. The fourth-order valence-corrected chi connectivity index (χ4v) is 4.49. The van der Waals surface area contributed by atoms with Crippen LogP contribution in [-0.2, 0) is 6.54 Å². The Morgan fingerprint density at radius 3 is 2.70 bits per heavy atom. The van der Waals surface area contributed by atoms with Gasteiger partial charge in [-0.25, -0.2) is 4.98 Å². The molecule has 154 valence electrons. The quantitative estimate of drug-likeness (QED) is 0.664. The van der Waals surface area contributed by atoms with E-state index < -0.39 is 6.10 Å². The van der Waals surface area contributed by atoms with Crippen LogP contribution in [0.25, 0.3) is 11.3 Å². The van der Waals surface area contributed by atoms with Crippen LogP contribution in [0.3, 0.4) is 0 Å². The Hall–Kier alpha value is -2.88. The van der Waals surface area contributed by atoms with Crippen molar-refractivity contribution in [3.63, 3.8) is 0 Å². The van der Waals surface area contributed by atoms with Gasteiger partial charge in [0.25, 0.3) is 0 Å². The van der Waals surface area contributed by atoms with Gasteiger partial charge >= 0.3 is 0 Å². The molecular weight excluding hydrogens is 376 g/mol. The summed E-state index contributed by atoms with van der Waals surface area (Å²) in [6.07, 6.45) is 2.88. The zero-order valence-electron chi connectivity index (χ0n) is 17.3. The van der Waals surface area contributed by atoms with E-state index >= 15 is 0 Å². The molecule has 2 fully saturated rings. The van der Waals surface area contributed by atoms with Gasteiger partial charge in [0.15, 0.2) is 5.76 Å². The number of rotatable bonds is 5. The Labute approximate surface area is 176 Å². The highest BCUT2D eigenvalue weighted by Crippen LogP contribution is 2.51. The molecule has 1 aliphatic heterocycles. The van der Waals surface area contributed by atoms with Gasteiger partial charge in [-0.3, -0.25) is 0 Å². The van der Waals surface area contributed by atoms with E-state index in [9.17, 15) is 5.11 Å². The Morgan fingerprint density at radius 1 is 1.23 bits per heavy atom. The number of hydrogen-bond donors (Lipinski definition) is 1. The summed E-state index contributed by atoms with van der Waals surface area (Å²) in [5.74, 6) is 10.3. The number of hydrogen-bond acceptors (Lipinski definition) is 5. The van der Waals surface area contributed by atoms with Crippen molar-refractivity contribution in [2.45, 2.75) is 26.5 Å². The second kappa shape index (κ2) is 7.75. The van der Waals surface area contributed by atoms with Crippen LogP contribution >= 0.6 is 0 Å². The summed E-state index contributed by atoms with van der Waals surface area (Å²) >= 11 is 0. The van der Waals surface area contributed by atoms with Crippen LogP contribution < -0.4 is 0 Å². The van der Waals surface area contributed by atoms with Gasteiger partial charge in [-0.2, -0.15) is 0 Å². The van der Waals surface area contributed by atoms with Gasteiger partial charge < -0.3 is 19.1 Å². The molecule has 1 N–H and O–H groups in total. The van der Waals surface area contributed by atoms with E-state index in [1.165, 1.54) is 13.1 Å². The average molecular weight is 402 g/mol. The molecule has 1 saturated carbocycles. The van der Waals surface area contributed by atoms with Crippen LogP contribution in [0.15, 0.2) is 47.2 Å². The molecule has 4 atom stereocenters. The number of fused-ring (bicyclic) bond motifs is 1. The average Bonchev–Trinajstić information content (AvgIpc) is 3.25. The molecule has 6 nitrogen and oxygen atoms in total. The summed E-state index contributed by atoms with van der Waals surface area (Å²) in [6, 6.07) is 10.1. The number of piperidine rings is 1. The summed E-state index contributed by atoms with van der Waals surface area (Å²) in [7, 11) is 0. The topological polar surface area (TPSA) is 67.3 Å². The van der Waals surface area contributed by atoms with Crippen molar-refractivity contribution in [3.05, 3.63) is 59.8 Å². The summed E-state index contributed by atoms with van der Waals surface area (Å²) in [5, 5.41) is 14.0. The van der Waals surface area contributed by atoms with Crippen molar-refractivity contribution in [1.29, 1.82) is 0 Å². The normalized spacial score (nSPS) is 23.6. The number of imidazole rings is 1. The highest BCUT2D eigenvalue weighted by Gasteiger charge is 2.54. The number of aromatic nitrogens is 3. The molecule has 2 aromatic heterocycles. The first kappa shape index (κ1) is 19.1. The van der Waals surface area contributed by atoms with E-state index in [0.29, 0.717) is 18.3 Å². The van der Waals surface area contributed by atoms with Gasteiger partial charge in [0.2, 0.25) is 0 Å². The number of nitrogens with zero attached hydrogens (tertiary/aromatic N) is 4. The first-order valence-corrected chi connectivity index (χ1v) is 10.6. The predicted octanol–water partition coefficient (Wildman–Crippen LogP) is 3.19. The van der Waals surface area contributed by atoms with Gasteiger partial charge in [-0.05, 0) is 49.6 Å². The Balaban J connectivity index is 1.23. The van der Waals surface area contributed by atoms with Crippen molar-refractivity contribution in [2.75, 3.05) is 19.6 Å². The van der Waals surface area contributed by atoms with E-state index in [-0.39, 0.29) is 0 Å². The van der Waals surface area contributed by atoms with Gasteiger partial charge in [0.1, 0.15) is 17.6 Å². The second-order valence-electron chi connectivity index (χ2n) is 8.32. The van der Waals surface area contributed by atoms with Crippen molar-refractivity contribution < 1.29 is 9.63 Å². The van der Waals surface area contributed by atoms with E-state index in [4.69, 9.17) is 4.52 Å². The van der Waals surface area contributed by atoms with E-state index in [2.05, 4.69) is 33.8 Å². The molecule has 0 amide bonds. The third kappa shape index (κ3) is 3.67. The van der Waals surface area contributed by atoms with Crippen LogP contribution in [0, 0.1) is 29.6 Å².